The van der Waals surface area contributed by atoms with Gasteiger partial charge in [0, 0.05) is 48.7 Å². The number of carbonyl (C=O) groups is 1. The van der Waals surface area contributed by atoms with Crippen LogP contribution in [0.15, 0.2) is 60.9 Å². The summed E-state index contributed by atoms with van der Waals surface area (Å²) in [6, 6.07) is 16.4. The van der Waals surface area contributed by atoms with Gasteiger partial charge in [-0.2, -0.15) is 5.10 Å². The van der Waals surface area contributed by atoms with Crippen molar-refractivity contribution in [1.29, 1.82) is 0 Å². The van der Waals surface area contributed by atoms with Crippen LogP contribution in [0.1, 0.15) is 36.7 Å². The van der Waals surface area contributed by atoms with Gasteiger partial charge in [0.05, 0.1) is 6.20 Å². The lowest BCUT2D eigenvalue weighted by Gasteiger charge is -2.32. The normalized spacial score (nSPS) is 14.1. The molecular formula is C25H30N4O. The fourth-order valence-electron chi connectivity index (χ4n) is 4.29. The second-order valence-corrected chi connectivity index (χ2v) is 8.55. The Morgan fingerprint density at radius 1 is 1.13 bits per heavy atom. The predicted octanol–water partition coefficient (Wildman–Crippen LogP) is 4.63. The van der Waals surface area contributed by atoms with Crippen LogP contribution < -0.4 is 4.90 Å². The second kappa shape index (κ2) is 8.74. The van der Waals surface area contributed by atoms with Crippen LogP contribution in [0.2, 0.25) is 0 Å². The van der Waals surface area contributed by atoms with Gasteiger partial charge in [-0.05, 0) is 61.6 Å². The van der Waals surface area contributed by atoms with Crippen molar-refractivity contribution in [3.05, 3.63) is 72.1 Å². The molecular weight excluding hydrogens is 372 g/mol. The van der Waals surface area contributed by atoms with E-state index in [0.717, 1.165) is 37.2 Å². The zero-order valence-electron chi connectivity index (χ0n) is 18.0. The lowest BCUT2D eigenvalue weighted by molar-refractivity contribution is 0.0678. The van der Waals surface area contributed by atoms with Crippen LogP contribution in [0.4, 0.5) is 5.69 Å². The number of nitrogens with zero attached hydrogens (tertiary/aromatic N) is 3. The molecule has 30 heavy (non-hydrogen) atoms. The van der Waals surface area contributed by atoms with Crippen molar-refractivity contribution in [1.82, 2.24) is 15.1 Å². The first-order chi connectivity index (χ1) is 14.5. The Bertz CT molecular complexity index is 982. The first-order valence-corrected chi connectivity index (χ1v) is 10.8. The van der Waals surface area contributed by atoms with E-state index < -0.39 is 0 Å². The highest BCUT2D eigenvalue weighted by molar-refractivity contribution is 5.94. The van der Waals surface area contributed by atoms with Crippen LogP contribution >= 0.6 is 0 Å². The average Bonchev–Trinajstić information content (AvgIpc) is 3.42. The second-order valence-electron chi connectivity index (χ2n) is 8.55. The number of hydrogen-bond acceptors (Lipinski definition) is 3. The van der Waals surface area contributed by atoms with Gasteiger partial charge in [-0.1, -0.05) is 31.2 Å². The number of carbonyl (C=O) groups excluding carboxylic acids is 1. The minimum absolute atomic E-state index is 0.115. The van der Waals surface area contributed by atoms with Crippen LogP contribution in [0.5, 0.6) is 0 Å². The summed E-state index contributed by atoms with van der Waals surface area (Å²) >= 11 is 0. The van der Waals surface area contributed by atoms with E-state index in [0.29, 0.717) is 5.92 Å². The van der Waals surface area contributed by atoms with Crippen LogP contribution in [-0.2, 0) is 6.42 Å². The molecule has 4 rings (SSSR count). The van der Waals surface area contributed by atoms with Gasteiger partial charge < -0.3 is 9.80 Å². The minimum atomic E-state index is 0.115. The maximum Gasteiger partial charge on any atom is 0.254 e. The molecule has 0 saturated carbocycles. The standard InChI is InChI=1S/C25H30N4O/c1-18(2)29(25(30)20-7-5-4-6-8-20)17-19(3)16-28-12-11-22-13-21(9-10-24(22)28)23-14-26-27-15-23/h4-10,13-15,18-19H,11-12,16-17H2,1-3H3,(H,26,27). The van der Waals surface area contributed by atoms with Gasteiger partial charge in [-0.25, -0.2) is 0 Å². The quantitative estimate of drug-likeness (QED) is 0.627. The summed E-state index contributed by atoms with van der Waals surface area (Å²) in [5.74, 6) is 0.489. The molecule has 2 heterocycles. The monoisotopic (exact) mass is 402 g/mol. The predicted molar refractivity (Wildman–Crippen MR) is 122 cm³/mol. The summed E-state index contributed by atoms with van der Waals surface area (Å²) in [4.78, 5) is 17.5. The summed E-state index contributed by atoms with van der Waals surface area (Å²) in [7, 11) is 0. The molecule has 0 aliphatic carbocycles. The van der Waals surface area contributed by atoms with Crippen LogP contribution in [0.3, 0.4) is 0 Å². The topological polar surface area (TPSA) is 52.2 Å². The van der Waals surface area contributed by atoms with Gasteiger partial charge in [0.2, 0.25) is 0 Å². The van der Waals surface area contributed by atoms with Crippen LogP contribution in [0.25, 0.3) is 11.1 Å². The van der Waals surface area contributed by atoms with Crippen molar-refractivity contribution in [3.63, 3.8) is 0 Å². The molecule has 0 radical (unpaired) electrons. The molecule has 0 spiro atoms. The van der Waals surface area contributed by atoms with Crippen molar-refractivity contribution in [2.45, 2.75) is 33.2 Å². The highest BCUT2D eigenvalue weighted by atomic mass is 16.2. The largest absolute Gasteiger partial charge is 0.371 e. The molecule has 1 N–H and O–H groups in total. The Kier molecular flexibility index (Phi) is 5.88. The summed E-state index contributed by atoms with van der Waals surface area (Å²) in [6.45, 7) is 9.16. The highest BCUT2D eigenvalue weighted by Crippen LogP contribution is 2.32. The molecule has 1 aliphatic heterocycles. The first-order valence-electron chi connectivity index (χ1n) is 10.8. The van der Waals surface area contributed by atoms with Crippen molar-refractivity contribution >= 4 is 11.6 Å². The van der Waals surface area contributed by atoms with Crippen LogP contribution in [0, 0.1) is 5.92 Å². The SMILES string of the molecule is CC(CN1CCc2cc(-c3cn[nH]c3)ccc21)CN(C(=O)c1ccccc1)C(C)C. The number of benzene rings is 2. The number of hydrogen-bond donors (Lipinski definition) is 1. The van der Waals surface area contributed by atoms with Gasteiger partial charge in [0.15, 0.2) is 0 Å². The van der Waals surface area contributed by atoms with Crippen molar-refractivity contribution in [2.24, 2.45) is 5.92 Å². The summed E-state index contributed by atoms with van der Waals surface area (Å²) < 4.78 is 0. The van der Waals surface area contributed by atoms with E-state index in [-0.39, 0.29) is 11.9 Å². The summed E-state index contributed by atoms with van der Waals surface area (Å²) in [5.41, 5.74) is 5.80. The maximum absolute atomic E-state index is 13.0. The van der Waals surface area contributed by atoms with Gasteiger partial charge >= 0.3 is 0 Å². The Morgan fingerprint density at radius 3 is 2.63 bits per heavy atom. The highest BCUT2D eigenvalue weighted by Gasteiger charge is 2.25. The Morgan fingerprint density at radius 2 is 1.93 bits per heavy atom. The number of fused-ring (bicyclic) bond motifs is 1. The number of aromatic nitrogens is 2. The smallest absolute Gasteiger partial charge is 0.254 e. The lowest BCUT2D eigenvalue weighted by Crippen LogP contribution is -2.42. The number of anilines is 1. The molecule has 5 heteroatoms. The van der Waals surface area contributed by atoms with E-state index in [1.807, 2.05) is 47.6 Å². The number of amides is 1. The van der Waals surface area contributed by atoms with Gasteiger partial charge in [0.1, 0.15) is 0 Å². The first kappa shape index (κ1) is 20.2. The number of rotatable bonds is 7. The molecule has 0 saturated heterocycles. The molecule has 5 nitrogen and oxygen atoms in total. The molecule has 1 atom stereocenters. The third kappa shape index (κ3) is 4.25. The van der Waals surface area contributed by atoms with Crippen molar-refractivity contribution in [3.8, 4) is 11.1 Å². The molecule has 0 bridgehead atoms. The fourth-order valence-corrected chi connectivity index (χ4v) is 4.29. The van der Waals surface area contributed by atoms with Crippen molar-refractivity contribution < 1.29 is 4.79 Å². The Labute approximate surface area is 178 Å². The zero-order chi connectivity index (χ0) is 21.1. The van der Waals surface area contributed by atoms with E-state index in [2.05, 4.69) is 54.1 Å². The number of nitrogens with one attached hydrogen (secondary N) is 1. The summed E-state index contributed by atoms with van der Waals surface area (Å²) in [6.07, 6.45) is 4.85. The zero-order valence-corrected chi connectivity index (χ0v) is 18.0. The molecule has 2 aromatic carbocycles. The third-order valence-corrected chi connectivity index (χ3v) is 5.85. The van der Waals surface area contributed by atoms with E-state index in [9.17, 15) is 4.79 Å². The van der Waals surface area contributed by atoms with E-state index in [4.69, 9.17) is 0 Å². The molecule has 3 aromatic rings. The molecule has 0 fully saturated rings. The minimum Gasteiger partial charge on any atom is -0.371 e. The number of aromatic amines is 1. The third-order valence-electron chi connectivity index (χ3n) is 5.85. The molecule has 1 aliphatic rings. The fraction of sp³-hybridized carbons (Fsp3) is 0.360. The van der Waals surface area contributed by atoms with E-state index in [1.54, 1.807) is 0 Å². The molecule has 1 unspecified atom stereocenters. The van der Waals surface area contributed by atoms with Gasteiger partial charge in [-0.3, -0.25) is 9.89 Å². The van der Waals surface area contributed by atoms with E-state index >= 15 is 0 Å². The molecule has 1 aromatic heterocycles. The van der Waals surface area contributed by atoms with E-state index in [1.165, 1.54) is 16.8 Å². The molecule has 156 valence electrons. The molecule has 1 amide bonds. The number of H-pyrrole nitrogens is 1. The maximum atomic E-state index is 13.0. The lowest BCUT2D eigenvalue weighted by atomic mass is 10.0. The van der Waals surface area contributed by atoms with Crippen molar-refractivity contribution in [2.75, 3.05) is 24.5 Å². The average molecular weight is 403 g/mol. The van der Waals surface area contributed by atoms with Gasteiger partial charge in [0.25, 0.3) is 5.91 Å². The van der Waals surface area contributed by atoms with Crippen LogP contribution in [-0.4, -0.2) is 46.7 Å². The Hall–Kier alpha value is -3.08. The summed E-state index contributed by atoms with van der Waals surface area (Å²) in [5, 5.41) is 6.94. The van der Waals surface area contributed by atoms with Gasteiger partial charge in [-0.15, -0.1) is 0 Å². The Balaban J connectivity index is 1.43.